The normalized spacial score (nSPS) is 18.8. The molecule has 1 aliphatic carbocycles. The molecule has 0 radical (unpaired) electrons. The van der Waals surface area contributed by atoms with E-state index < -0.39 is 0 Å². The van der Waals surface area contributed by atoms with Crippen LogP contribution >= 0.6 is 0 Å². The molecule has 1 atom stereocenters. The molecule has 19 heavy (non-hydrogen) atoms. The summed E-state index contributed by atoms with van der Waals surface area (Å²) >= 11 is 0. The van der Waals surface area contributed by atoms with Gasteiger partial charge in [0, 0.05) is 0 Å². The molecule has 106 valence electrons. The summed E-state index contributed by atoms with van der Waals surface area (Å²) in [5.74, 6) is 1.36. The van der Waals surface area contributed by atoms with Gasteiger partial charge in [-0.15, -0.1) is 0 Å². The first-order valence-corrected chi connectivity index (χ1v) is 7.74. The fourth-order valence-electron chi connectivity index (χ4n) is 3.44. The molecule has 0 aromatic heterocycles. The van der Waals surface area contributed by atoms with Crippen molar-refractivity contribution < 1.29 is 0 Å². The molecule has 1 saturated carbocycles. The lowest BCUT2D eigenvalue weighted by Gasteiger charge is -2.27. The van der Waals surface area contributed by atoms with Crippen molar-refractivity contribution in [2.45, 2.75) is 64.7 Å². The number of rotatable bonds is 3. The van der Waals surface area contributed by atoms with Crippen molar-refractivity contribution in [1.29, 1.82) is 0 Å². The summed E-state index contributed by atoms with van der Waals surface area (Å²) in [4.78, 5) is 0. The zero-order valence-electron chi connectivity index (χ0n) is 13.0. The Kier molecular flexibility index (Phi) is 4.35. The summed E-state index contributed by atoms with van der Waals surface area (Å²) in [6, 6.07) is 6.99. The SMILES string of the molecule is Cc1ccc(C(C)(C)C)cc1C(CN)C1CCCC1. The molecule has 1 nitrogen and oxygen atoms in total. The van der Waals surface area contributed by atoms with Crippen LogP contribution in [0.4, 0.5) is 0 Å². The zero-order valence-corrected chi connectivity index (χ0v) is 13.0. The fourth-order valence-corrected chi connectivity index (χ4v) is 3.44. The van der Waals surface area contributed by atoms with Crippen LogP contribution < -0.4 is 5.73 Å². The lowest BCUT2D eigenvalue weighted by molar-refractivity contribution is 0.438. The van der Waals surface area contributed by atoms with Crippen molar-refractivity contribution in [1.82, 2.24) is 0 Å². The zero-order chi connectivity index (χ0) is 14.0. The summed E-state index contributed by atoms with van der Waals surface area (Å²) in [7, 11) is 0. The highest BCUT2D eigenvalue weighted by atomic mass is 14.6. The molecule has 0 heterocycles. The van der Waals surface area contributed by atoms with Crippen LogP contribution in [0.1, 0.15) is 69.1 Å². The minimum absolute atomic E-state index is 0.220. The van der Waals surface area contributed by atoms with E-state index >= 15 is 0 Å². The smallest absolute Gasteiger partial charge is 0.000546 e. The number of hydrogen-bond donors (Lipinski definition) is 1. The Morgan fingerprint density at radius 3 is 2.37 bits per heavy atom. The Hall–Kier alpha value is -0.820. The molecule has 2 rings (SSSR count). The molecule has 1 aromatic carbocycles. The lowest BCUT2D eigenvalue weighted by atomic mass is 9.79. The van der Waals surface area contributed by atoms with Crippen molar-refractivity contribution in [2.75, 3.05) is 6.54 Å². The fraction of sp³-hybridized carbons (Fsp3) is 0.667. The van der Waals surface area contributed by atoms with Crippen LogP contribution in [0.5, 0.6) is 0 Å². The average Bonchev–Trinajstić information content (AvgIpc) is 2.84. The van der Waals surface area contributed by atoms with E-state index in [1.54, 1.807) is 0 Å². The molecule has 1 heteroatoms. The van der Waals surface area contributed by atoms with Crippen molar-refractivity contribution in [3.63, 3.8) is 0 Å². The van der Waals surface area contributed by atoms with Crippen molar-refractivity contribution >= 4 is 0 Å². The Bertz CT molecular complexity index is 422. The molecule has 1 aliphatic rings. The minimum atomic E-state index is 0.220. The first-order valence-electron chi connectivity index (χ1n) is 7.74. The van der Waals surface area contributed by atoms with Crippen LogP contribution in [0, 0.1) is 12.8 Å². The van der Waals surface area contributed by atoms with Gasteiger partial charge in [0.05, 0.1) is 0 Å². The summed E-state index contributed by atoms with van der Waals surface area (Å²) in [6.45, 7) is 9.88. The Balaban J connectivity index is 2.35. The lowest BCUT2D eigenvalue weighted by Crippen LogP contribution is -2.22. The topological polar surface area (TPSA) is 26.0 Å². The average molecular weight is 259 g/mol. The van der Waals surface area contributed by atoms with Crippen LogP contribution in [0.3, 0.4) is 0 Å². The van der Waals surface area contributed by atoms with E-state index in [0.29, 0.717) is 5.92 Å². The minimum Gasteiger partial charge on any atom is -0.330 e. The van der Waals surface area contributed by atoms with Gasteiger partial charge in [-0.1, -0.05) is 51.8 Å². The molecule has 1 fully saturated rings. The van der Waals surface area contributed by atoms with Gasteiger partial charge in [-0.25, -0.2) is 0 Å². The Labute approximate surface area is 118 Å². The molecule has 2 N–H and O–H groups in total. The van der Waals surface area contributed by atoms with Crippen molar-refractivity contribution in [3.8, 4) is 0 Å². The van der Waals surface area contributed by atoms with Gasteiger partial charge in [-0.3, -0.25) is 0 Å². The highest BCUT2D eigenvalue weighted by Gasteiger charge is 2.27. The Morgan fingerprint density at radius 2 is 1.84 bits per heavy atom. The van der Waals surface area contributed by atoms with Crippen LogP contribution in [0.25, 0.3) is 0 Å². The predicted octanol–water partition coefficient (Wildman–Crippen LogP) is 4.53. The van der Waals surface area contributed by atoms with Gasteiger partial charge in [0.15, 0.2) is 0 Å². The monoisotopic (exact) mass is 259 g/mol. The summed E-state index contributed by atoms with van der Waals surface area (Å²) in [5.41, 5.74) is 10.7. The third-order valence-electron chi connectivity index (χ3n) is 4.77. The number of aryl methyl sites for hydroxylation is 1. The number of nitrogens with two attached hydrogens (primary N) is 1. The molecule has 0 saturated heterocycles. The third-order valence-corrected chi connectivity index (χ3v) is 4.77. The van der Waals surface area contributed by atoms with E-state index in [1.807, 2.05) is 0 Å². The summed E-state index contributed by atoms with van der Waals surface area (Å²) < 4.78 is 0. The van der Waals surface area contributed by atoms with Crippen molar-refractivity contribution in [2.24, 2.45) is 11.7 Å². The van der Waals surface area contributed by atoms with Gasteiger partial charge in [0.2, 0.25) is 0 Å². The second kappa shape index (κ2) is 5.66. The maximum absolute atomic E-state index is 6.11. The van der Waals surface area contributed by atoms with E-state index in [0.717, 1.165) is 12.5 Å². The van der Waals surface area contributed by atoms with Gasteiger partial charge in [-0.2, -0.15) is 0 Å². The first-order chi connectivity index (χ1) is 8.93. The highest BCUT2D eigenvalue weighted by molar-refractivity contribution is 5.37. The second-order valence-electron chi connectivity index (χ2n) is 7.21. The van der Waals surface area contributed by atoms with E-state index in [-0.39, 0.29) is 5.41 Å². The largest absolute Gasteiger partial charge is 0.330 e. The van der Waals surface area contributed by atoms with Crippen LogP contribution in [-0.2, 0) is 5.41 Å². The standard InChI is InChI=1S/C18H29N/c1-13-9-10-15(18(2,3)4)11-16(13)17(12-19)14-7-5-6-8-14/h9-11,14,17H,5-8,12,19H2,1-4H3. The van der Waals surface area contributed by atoms with Gasteiger partial charge < -0.3 is 5.73 Å². The summed E-state index contributed by atoms with van der Waals surface area (Å²) in [6.07, 6.45) is 5.50. The molecule has 0 spiro atoms. The predicted molar refractivity (Wildman–Crippen MR) is 83.6 cm³/mol. The van der Waals surface area contributed by atoms with E-state index in [1.165, 1.54) is 42.4 Å². The summed E-state index contributed by atoms with van der Waals surface area (Å²) in [5, 5.41) is 0. The molecular weight excluding hydrogens is 230 g/mol. The quantitative estimate of drug-likeness (QED) is 0.848. The van der Waals surface area contributed by atoms with Crippen molar-refractivity contribution in [3.05, 3.63) is 34.9 Å². The van der Waals surface area contributed by atoms with Crippen LogP contribution in [-0.4, -0.2) is 6.54 Å². The maximum atomic E-state index is 6.11. The van der Waals surface area contributed by atoms with Gasteiger partial charge in [0.25, 0.3) is 0 Å². The Morgan fingerprint density at radius 1 is 1.21 bits per heavy atom. The number of benzene rings is 1. The molecule has 1 unspecified atom stereocenters. The first kappa shape index (κ1) is 14.6. The highest BCUT2D eigenvalue weighted by Crippen LogP contribution is 2.39. The van der Waals surface area contributed by atoms with Crippen LogP contribution in [0.2, 0.25) is 0 Å². The van der Waals surface area contributed by atoms with Crippen LogP contribution in [0.15, 0.2) is 18.2 Å². The van der Waals surface area contributed by atoms with Gasteiger partial charge in [0.1, 0.15) is 0 Å². The molecule has 0 aliphatic heterocycles. The van der Waals surface area contributed by atoms with E-state index in [2.05, 4.69) is 45.9 Å². The maximum Gasteiger partial charge on any atom is -0.000546 e. The molecular formula is C18H29N. The molecule has 0 amide bonds. The number of hydrogen-bond acceptors (Lipinski definition) is 1. The molecule has 0 bridgehead atoms. The molecule has 1 aromatic rings. The van der Waals surface area contributed by atoms with E-state index in [4.69, 9.17) is 5.73 Å². The third kappa shape index (κ3) is 3.20. The van der Waals surface area contributed by atoms with E-state index in [9.17, 15) is 0 Å². The van der Waals surface area contributed by atoms with Gasteiger partial charge in [-0.05, 0) is 60.3 Å². The van der Waals surface area contributed by atoms with Gasteiger partial charge >= 0.3 is 0 Å². The second-order valence-corrected chi connectivity index (χ2v) is 7.21.